The van der Waals surface area contributed by atoms with Crippen molar-refractivity contribution in [2.75, 3.05) is 6.54 Å². The number of hydrogen-bond acceptors (Lipinski definition) is 5. The highest BCUT2D eigenvalue weighted by molar-refractivity contribution is 7.12. The van der Waals surface area contributed by atoms with E-state index in [-0.39, 0.29) is 30.3 Å². The van der Waals surface area contributed by atoms with Crippen LogP contribution in [0.5, 0.6) is 0 Å². The van der Waals surface area contributed by atoms with Crippen molar-refractivity contribution in [3.63, 3.8) is 0 Å². The van der Waals surface area contributed by atoms with Gasteiger partial charge in [-0.25, -0.2) is 0 Å². The molecule has 1 fully saturated rings. The molecule has 2 N–H and O–H groups in total. The van der Waals surface area contributed by atoms with Crippen molar-refractivity contribution in [1.82, 2.24) is 15.5 Å². The van der Waals surface area contributed by atoms with E-state index < -0.39 is 6.04 Å². The molecule has 0 spiro atoms. The third kappa shape index (κ3) is 6.09. The third-order valence-corrected chi connectivity index (χ3v) is 7.48. The molecule has 8 heteroatoms. The maximum Gasteiger partial charge on any atom is 0.261 e. The average Bonchev–Trinajstić information content (AvgIpc) is 3.61. The highest BCUT2D eigenvalue weighted by Gasteiger charge is 2.33. The van der Waals surface area contributed by atoms with Gasteiger partial charge in [0.05, 0.1) is 18.0 Å². The minimum Gasteiger partial charge on any atom is -0.351 e. The summed E-state index contributed by atoms with van der Waals surface area (Å²) in [6.45, 7) is 0.116. The number of amides is 3. The first-order valence-electron chi connectivity index (χ1n) is 11.1. The zero-order valence-corrected chi connectivity index (χ0v) is 19.9. The normalized spacial score (nSPS) is 14.5. The predicted octanol–water partition coefficient (Wildman–Crippen LogP) is 4.37. The Balaban J connectivity index is 1.58. The quantitative estimate of drug-likeness (QED) is 0.476. The van der Waals surface area contributed by atoms with Crippen LogP contribution in [0.15, 0.2) is 65.4 Å². The smallest absolute Gasteiger partial charge is 0.261 e. The Labute approximate surface area is 201 Å². The summed E-state index contributed by atoms with van der Waals surface area (Å²) >= 11 is 2.86. The summed E-state index contributed by atoms with van der Waals surface area (Å²) < 4.78 is 0. The number of benzene rings is 1. The topological polar surface area (TPSA) is 78.5 Å². The van der Waals surface area contributed by atoms with Gasteiger partial charge in [-0.05, 0) is 41.3 Å². The van der Waals surface area contributed by atoms with E-state index >= 15 is 0 Å². The Bertz CT molecular complexity index is 1050. The van der Waals surface area contributed by atoms with Crippen molar-refractivity contribution < 1.29 is 14.4 Å². The van der Waals surface area contributed by atoms with E-state index in [4.69, 9.17) is 0 Å². The molecule has 4 rings (SSSR count). The van der Waals surface area contributed by atoms with Gasteiger partial charge in [-0.1, -0.05) is 55.3 Å². The third-order valence-electron chi connectivity index (χ3n) is 5.75. The molecule has 1 aliphatic carbocycles. The molecule has 0 radical (unpaired) electrons. The molecule has 1 aliphatic rings. The number of hydrogen-bond donors (Lipinski definition) is 2. The van der Waals surface area contributed by atoms with Gasteiger partial charge in [0.1, 0.15) is 6.04 Å². The van der Waals surface area contributed by atoms with E-state index in [0.717, 1.165) is 36.1 Å². The van der Waals surface area contributed by atoms with Crippen molar-refractivity contribution >= 4 is 40.4 Å². The Hall–Kier alpha value is -2.97. The number of rotatable bonds is 9. The molecule has 2 heterocycles. The summed E-state index contributed by atoms with van der Waals surface area (Å²) in [4.78, 5) is 42.5. The fourth-order valence-corrected chi connectivity index (χ4v) is 5.45. The van der Waals surface area contributed by atoms with Crippen molar-refractivity contribution in [3.05, 3.63) is 80.7 Å². The zero-order valence-electron chi connectivity index (χ0n) is 18.2. The molecule has 0 aliphatic heterocycles. The average molecular weight is 482 g/mol. The molecule has 1 aromatic carbocycles. The van der Waals surface area contributed by atoms with Crippen LogP contribution in [0.1, 0.15) is 51.8 Å². The lowest BCUT2D eigenvalue weighted by Gasteiger charge is -2.32. The summed E-state index contributed by atoms with van der Waals surface area (Å²) in [5, 5.41) is 9.65. The number of carbonyl (C=O) groups is 3. The highest BCUT2D eigenvalue weighted by atomic mass is 32.1. The molecule has 1 saturated carbocycles. The molecule has 0 bridgehead atoms. The molecule has 3 aromatic rings. The van der Waals surface area contributed by atoms with E-state index in [0.29, 0.717) is 11.4 Å². The van der Waals surface area contributed by atoms with Gasteiger partial charge in [0.15, 0.2) is 0 Å². The number of nitrogens with one attached hydrogen (secondary N) is 2. The van der Waals surface area contributed by atoms with Crippen LogP contribution in [-0.4, -0.2) is 35.2 Å². The van der Waals surface area contributed by atoms with E-state index in [2.05, 4.69) is 10.6 Å². The van der Waals surface area contributed by atoms with E-state index in [1.165, 1.54) is 22.7 Å². The monoisotopic (exact) mass is 481 g/mol. The molecular weight excluding hydrogens is 454 g/mol. The summed E-state index contributed by atoms with van der Waals surface area (Å²) in [5.74, 6) is -0.771. The van der Waals surface area contributed by atoms with Crippen LogP contribution in [0.4, 0.5) is 0 Å². The fourth-order valence-electron chi connectivity index (χ4n) is 4.10. The highest BCUT2D eigenvalue weighted by Crippen LogP contribution is 2.27. The minimum atomic E-state index is -0.778. The molecule has 6 nitrogen and oxygen atoms in total. The number of nitrogens with zero attached hydrogens (tertiary/aromatic N) is 1. The molecule has 3 amide bonds. The van der Waals surface area contributed by atoms with Gasteiger partial charge >= 0.3 is 0 Å². The van der Waals surface area contributed by atoms with Crippen LogP contribution in [0.3, 0.4) is 0 Å². The second-order valence-electron chi connectivity index (χ2n) is 8.06. The first kappa shape index (κ1) is 23.2. The Morgan fingerprint density at radius 2 is 1.67 bits per heavy atom. The van der Waals surface area contributed by atoms with Gasteiger partial charge < -0.3 is 15.5 Å². The Kier molecular flexibility index (Phi) is 7.91. The molecule has 33 heavy (non-hydrogen) atoms. The lowest BCUT2D eigenvalue weighted by Crippen LogP contribution is -2.48. The Morgan fingerprint density at radius 1 is 0.939 bits per heavy atom. The predicted molar refractivity (Wildman–Crippen MR) is 131 cm³/mol. The molecule has 1 unspecified atom stereocenters. The standard InChI is InChI=1S/C25H27N3O3S2/c29-22(16-26-24(30)21-13-7-15-33-21)28(17-20-12-6-14-32-20)23(18-8-2-1-3-9-18)25(31)27-19-10-4-5-11-19/h1-3,6-9,12-15,19,23H,4-5,10-11,16-17H2,(H,26,30)(H,27,31). The summed E-state index contributed by atoms with van der Waals surface area (Å²) in [7, 11) is 0. The molecule has 172 valence electrons. The van der Waals surface area contributed by atoms with Crippen LogP contribution < -0.4 is 10.6 Å². The molecule has 2 aromatic heterocycles. The molecule has 1 atom stereocenters. The first-order valence-corrected chi connectivity index (χ1v) is 12.9. The summed E-state index contributed by atoms with van der Waals surface area (Å²) in [6.07, 6.45) is 4.13. The maximum atomic E-state index is 13.5. The second-order valence-corrected chi connectivity index (χ2v) is 10.0. The van der Waals surface area contributed by atoms with Crippen LogP contribution in [0.25, 0.3) is 0 Å². The van der Waals surface area contributed by atoms with Crippen LogP contribution in [0.2, 0.25) is 0 Å². The van der Waals surface area contributed by atoms with Crippen molar-refractivity contribution in [2.24, 2.45) is 0 Å². The minimum absolute atomic E-state index is 0.140. The zero-order chi connectivity index (χ0) is 23.0. The summed E-state index contributed by atoms with van der Waals surface area (Å²) in [6, 6.07) is 16.1. The lowest BCUT2D eigenvalue weighted by atomic mass is 10.0. The Morgan fingerprint density at radius 3 is 2.33 bits per heavy atom. The van der Waals surface area contributed by atoms with E-state index in [1.54, 1.807) is 17.0 Å². The molecular formula is C25H27N3O3S2. The van der Waals surface area contributed by atoms with Crippen LogP contribution >= 0.6 is 22.7 Å². The van der Waals surface area contributed by atoms with Crippen molar-refractivity contribution in [3.8, 4) is 0 Å². The number of thiophene rings is 2. The SMILES string of the molecule is O=C(NCC(=O)N(Cc1cccs1)C(C(=O)NC1CCCC1)c1ccccc1)c1cccs1. The van der Waals surface area contributed by atoms with E-state index in [1.807, 2.05) is 53.2 Å². The number of carbonyl (C=O) groups excluding carboxylic acids is 3. The van der Waals surface area contributed by atoms with Gasteiger partial charge in [-0.15, -0.1) is 22.7 Å². The summed E-state index contributed by atoms with van der Waals surface area (Å²) in [5.41, 5.74) is 0.752. The van der Waals surface area contributed by atoms with Gasteiger partial charge in [-0.2, -0.15) is 0 Å². The van der Waals surface area contributed by atoms with Gasteiger partial charge in [0.25, 0.3) is 5.91 Å². The van der Waals surface area contributed by atoms with Crippen molar-refractivity contribution in [1.29, 1.82) is 0 Å². The van der Waals surface area contributed by atoms with Gasteiger partial charge in [0.2, 0.25) is 11.8 Å². The van der Waals surface area contributed by atoms with Gasteiger partial charge in [0, 0.05) is 10.9 Å². The molecule has 0 saturated heterocycles. The second kappa shape index (κ2) is 11.2. The van der Waals surface area contributed by atoms with Crippen molar-refractivity contribution in [2.45, 2.75) is 44.3 Å². The van der Waals surface area contributed by atoms with Gasteiger partial charge in [-0.3, -0.25) is 14.4 Å². The fraction of sp³-hybridized carbons (Fsp3) is 0.320. The van der Waals surface area contributed by atoms with Crippen LogP contribution in [-0.2, 0) is 16.1 Å². The largest absolute Gasteiger partial charge is 0.351 e. The lowest BCUT2D eigenvalue weighted by molar-refractivity contribution is -0.141. The van der Waals surface area contributed by atoms with E-state index in [9.17, 15) is 14.4 Å². The first-order chi connectivity index (χ1) is 16.1. The maximum absolute atomic E-state index is 13.5. The van der Waals surface area contributed by atoms with Crippen LogP contribution in [0, 0.1) is 0 Å².